The molecule has 1 aromatic rings. The predicted octanol–water partition coefficient (Wildman–Crippen LogP) is 2.19. The van der Waals surface area contributed by atoms with Gasteiger partial charge in [-0.1, -0.05) is 0 Å². The molecule has 148 valence electrons. The number of rotatable bonds is 6. The number of carbonyl (C=O) groups excluding carboxylic acids is 2. The van der Waals surface area contributed by atoms with Crippen molar-refractivity contribution in [2.75, 3.05) is 26.2 Å². The third kappa shape index (κ3) is 4.92. The minimum atomic E-state index is 0.146. The minimum Gasteiger partial charge on any atom is -0.469 e. The Morgan fingerprint density at radius 2 is 1.93 bits per heavy atom. The van der Waals surface area contributed by atoms with E-state index in [0.717, 1.165) is 70.5 Å². The number of piperidine rings is 2. The smallest absolute Gasteiger partial charge is 0.224 e. The zero-order chi connectivity index (χ0) is 18.6. The number of nitrogens with one attached hydrogen (secondary N) is 1. The fourth-order valence-electron chi connectivity index (χ4n) is 4.42. The van der Waals surface area contributed by atoms with Crippen molar-refractivity contribution in [3.05, 3.63) is 24.2 Å². The Morgan fingerprint density at radius 1 is 1.11 bits per heavy atom. The fraction of sp³-hybridized carbons (Fsp3) is 0.714. The summed E-state index contributed by atoms with van der Waals surface area (Å²) in [6.07, 6.45) is 9.30. The second kappa shape index (κ2) is 8.46. The van der Waals surface area contributed by atoms with Gasteiger partial charge in [0.1, 0.15) is 5.76 Å². The first-order valence-electron chi connectivity index (χ1n) is 10.5. The molecule has 4 rings (SSSR count). The molecule has 2 aliphatic heterocycles. The molecule has 0 bridgehead atoms. The highest BCUT2D eigenvalue weighted by molar-refractivity contribution is 5.79. The zero-order valence-corrected chi connectivity index (χ0v) is 16.1. The summed E-state index contributed by atoms with van der Waals surface area (Å²) in [5, 5.41) is 3.17. The molecule has 2 amide bonds. The number of carbonyl (C=O) groups is 2. The molecular formula is C21H31N3O3. The Kier molecular flexibility index (Phi) is 5.81. The van der Waals surface area contributed by atoms with E-state index in [9.17, 15) is 9.59 Å². The molecule has 1 saturated carbocycles. The van der Waals surface area contributed by atoms with E-state index >= 15 is 0 Å². The number of likely N-dealkylation sites (tertiary alicyclic amines) is 2. The number of furan rings is 1. The zero-order valence-electron chi connectivity index (χ0n) is 16.1. The van der Waals surface area contributed by atoms with Crippen molar-refractivity contribution in [2.45, 2.75) is 63.5 Å². The molecule has 6 heteroatoms. The van der Waals surface area contributed by atoms with Gasteiger partial charge in [0.25, 0.3) is 0 Å². The lowest BCUT2D eigenvalue weighted by Crippen LogP contribution is -2.51. The maximum Gasteiger partial charge on any atom is 0.224 e. The molecule has 3 fully saturated rings. The molecule has 6 nitrogen and oxygen atoms in total. The topological polar surface area (TPSA) is 65.8 Å². The first-order valence-corrected chi connectivity index (χ1v) is 10.5. The molecule has 0 spiro atoms. The van der Waals surface area contributed by atoms with Crippen molar-refractivity contribution < 1.29 is 14.0 Å². The molecule has 1 aromatic heterocycles. The van der Waals surface area contributed by atoms with Gasteiger partial charge in [-0.2, -0.15) is 0 Å². The molecular weight excluding hydrogens is 342 g/mol. The highest BCUT2D eigenvalue weighted by atomic mass is 16.3. The van der Waals surface area contributed by atoms with Crippen LogP contribution in [0.5, 0.6) is 0 Å². The van der Waals surface area contributed by atoms with E-state index in [2.05, 4.69) is 10.2 Å². The van der Waals surface area contributed by atoms with E-state index in [0.29, 0.717) is 24.9 Å². The molecule has 1 atom stereocenters. The lowest BCUT2D eigenvalue weighted by atomic mass is 9.93. The lowest BCUT2D eigenvalue weighted by molar-refractivity contribution is -0.133. The largest absolute Gasteiger partial charge is 0.469 e. The number of hydrogen-bond donors (Lipinski definition) is 1. The van der Waals surface area contributed by atoms with Gasteiger partial charge in [-0.15, -0.1) is 0 Å². The monoisotopic (exact) mass is 373 g/mol. The molecule has 1 aliphatic carbocycles. The van der Waals surface area contributed by atoms with Crippen molar-refractivity contribution in [1.82, 2.24) is 15.1 Å². The predicted molar refractivity (Wildman–Crippen MR) is 102 cm³/mol. The highest BCUT2D eigenvalue weighted by Gasteiger charge is 2.34. The molecule has 1 N–H and O–H groups in total. The Morgan fingerprint density at radius 3 is 2.63 bits per heavy atom. The van der Waals surface area contributed by atoms with Crippen LogP contribution in [0.25, 0.3) is 0 Å². The Balaban J connectivity index is 1.21. The average molecular weight is 373 g/mol. The normalized spacial score (nSPS) is 24.7. The molecule has 3 heterocycles. The molecule has 0 aromatic carbocycles. The summed E-state index contributed by atoms with van der Waals surface area (Å²) in [5.41, 5.74) is 0. The van der Waals surface area contributed by atoms with Gasteiger partial charge in [0.2, 0.25) is 11.8 Å². The van der Waals surface area contributed by atoms with Crippen molar-refractivity contribution in [3.63, 3.8) is 0 Å². The number of nitrogens with zero attached hydrogens (tertiary/aromatic N) is 2. The second-order valence-electron chi connectivity index (χ2n) is 8.31. The Hall–Kier alpha value is -1.82. The Labute approximate surface area is 161 Å². The van der Waals surface area contributed by atoms with E-state index < -0.39 is 0 Å². The first-order chi connectivity index (χ1) is 13.2. The summed E-state index contributed by atoms with van der Waals surface area (Å²) in [6.45, 7) is 3.63. The van der Waals surface area contributed by atoms with Gasteiger partial charge in [0.05, 0.1) is 12.2 Å². The van der Waals surface area contributed by atoms with Crippen LogP contribution in [0.1, 0.15) is 50.7 Å². The number of amides is 2. The Bertz CT molecular complexity index is 633. The van der Waals surface area contributed by atoms with Gasteiger partial charge in [0, 0.05) is 44.6 Å². The standard InChI is InChI=1S/C21H31N3O3/c25-20(8-7-19-4-2-14-27-19)23-12-9-18(10-13-23)24-11-1-3-16(15-24)21(26)22-17-5-6-17/h2,4,14,16-18H,1,3,5-13,15H2,(H,22,26)/t16-/m1/s1. The third-order valence-electron chi connectivity index (χ3n) is 6.25. The molecule has 0 unspecified atom stereocenters. The van der Waals surface area contributed by atoms with Crippen LogP contribution < -0.4 is 5.32 Å². The summed E-state index contributed by atoms with van der Waals surface area (Å²) in [4.78, 5) is 29.3. The highest BCUT2D eigenvalue weighted by Crippen LogP contribution is 2.26. The number of aryl methyl sites for hydroxylation is 1. The van der Waals surface area contributed by atoms with Crippen LogP contribution in [-0.4, -0.2) is 59.9 Å². The fourth-order valence-corrected chi connectivity index (χ4v) is 4.42. The van der Waals surface area contributed by atoms with Crippen LogP contribution in [0.4, 0.5) is 0 Å². The van der Waals surface area contributed by atoms with E-state index in [4.69, 9.17) is 4.42 Å². The first kappa shape index (κ1) is 18.5. The van der Waals surface area contributed by atoms with Crippen molar-refractivity contribution in [3.8, 4) is 0 Å². The van der Waals surface area contributed by atoms with Crippen LogP contribution in [0.15, 0.2) is 22.8 Å². The van der Waals surface area contributed by atoms with Gasteiger partial charge in [-0.3, -0.25) is 14.5 Å². The third-order valence-corrected chi connectivity index (χ3v) is 6.25. The lowest BCUT2D eigenvalue weighted by Gasteiger charge is -2.42. The van der Waals surface area contributed by atoms with Crippen LogP contribution >= 0.6 is 0 Å². The molecule has 27 heavy (non-hydrogen) atoms. The van der Waals surface area contributed by atoms with E-state index in [1.54, 1.807) is 6.26 Å². The van der Waals surface area contributed by atoms with Crippen molar-refractivity contribution in [2.24, 2.45) is 5.92 Å². The summed E-state index contributed by atoms with van der Waals surface area (Å²) in [6, 6.07) is 4.74. The van der Waals surface area contributed by atoms with Gasteiger partial charge < -0.3 is 14.6 Å². The molecule has 0 radical (unpaired) electrons. The average Bonchev–Trinajstić information content (AvgIpc) is 3.37. The van der Waals surface area contributed by atoms with Gasteiger partial charge >= 0.3 is 0 Å². The maximum absolute atomic E-state index is 12.4. The number of hydrogen-bond acceptors (Lipinski definition) is 4. The van der Waals surface area contributed by atoms with Crippen LogP contribution in [0, 0.1) is 5.92 Å². The van der Waals surface area contributed by atoms with Crippen molar-refractivity contribution in [1.29, 1.82) is 0 Å². The maximum atomic E-state index is 12.4. The molecule has 2 saturated heterocycles. The molecule has 3 aliphatic rings. The summed E-state index contributed by atoms with van der Waals surface area (Å²) in [7, 11) is 0. The van der Waals surface area contributed by atoms with E-state index in [1.165, 1.54) is 0 Å². The summed E-state index contributed by atoms with van der Waals surface area (Å²) >= 11 is 0. The summed E-state index contributed by atoms with van der Waals surface area (Å²) in [5.74, 6) is 1.51. The van der Waals surface area contributed by atoms with E-state index in [1.807, 2.05) is 17.0 Å². The quantitative estimate of drug-likeness (QED) is 0.830. The van der Waals surface area contributed by atoms with E-state index in [-0.39, 0.29) is 17.7 Å². The van der Waals surface area contributed by atoms with Gasteiger partial charge in [-0.25, -0.2) is 0 Å². The SMILES string of the molecule is O=C(NC1CC1)[C@@H]1CCCN(C2CCN(C(=O)CCc3ccco3)CC2)C1. The van der Waals surface area contributed by atoms with Gasteiger partial charge in [-0.05, 0) is 57.2 Å². The van der Waals surface area contributed by atoms with Crippen LogP contribution in [0.2, 0.25) is 0 Å². The van der Waals surface area contributed by atoms with Crippen LogP contribution in [-0.2, 0) is 16.0 Å². The van der Waals surface area contributed by atoms with Crippen molar-refractivity contribution >= 4 is 11.8 Å². The second-order valence-corrected chi connectivity index (χ2v) is 8.31. The minimum absolute atomic E-state index is 0.146. The summed E-state index contributed by atoms with van der Waals surface area (Å²) < 4.78 is 5.31. The van der Waals surface area contributed by atoms with Crippen LogP contribution in [0.3, 0.4) is 0 Å². The van der Waals surface area contributed by atoms with Gasteiger partial charge in [0.15, 0.2) is 0 Å².